The van der Waals surface area contributed by atoms with Crippen LogP contribution in [0, 0.1) is 5.41 Å². The number of benzene rings is 2. The standard InChI is InChI=1S/C24H30ClNO4/c1-2-29-23(28)24(17-19-6-8-21(25)9-7-19)10-12-26(13-11-24)18-20-4-3-5-22(16-20)30-15-14-27/h3-9,16,27H,2,10-15,17-18H2,1H3. The first kappa shape index (κ1) is 22.6. The van der Waals surface area contributed by atoms with Gasteiger partial charge in [0.05, 0.1) is 18.6 Å². The van der Waals surface area contributed by atoms with Gasteiger partial charge in [-0.05, 0) is 74.7 Å². The van der Waals surface area contributed by atoms with Crippen LogP contribution in [0.4, 0.5) is 0 Å². The summed E-state index contributed by atoms with van der Waals surface area (Å²) in [5.41, 5.74) is 1.77. The molecule has 3 rings (SSSR count). The number of carbonyl (C=O) groups excluding carboxylic acids is 1. The van der Waals surface area contributed by atoms with Gasteiger partial charge in [-0.25, -0.2) is 0 Å². The summed E-state index contributed by atoms with van der Waals surface area (Å²) in [4.78, 5) is 15.3. The number of esters is 1. The van der Waals surface area contributed by atoms with Gasteiger partial charge >= 0.3 is 5.97 Å². The van der Waals surface area contributed by atoms with Crippen molar-refractivity contribution in [2.45, 2.75) is 32.7 Å². The molecule has 0 aliphatic carbocycles. The largest absolute Gasteiger partial charge is 0.491 e. The highest BCUT2D eigenvalue weighted by molar-refractivity contribution is 6.30. The molecule has 2 aromatic carbocycles. The maximum Gasteiger partial charge on any atom is 0.312 e. The van der Waals surface area contributed by atoms with Gasteiger partial charge in [-0.15, -0.1) is 0 Å². The van der Waals surface area contributed by atoms with Crippen LogP contribution in [0.5, 0.6) is 5.75 Å². The number of likely N-dealkylation sites (tertiary alicyclic amines) is 1. The van der Waals surface area contributed by atoms with Crippen molar-refractivity contribution in [3.05, 3.63) is 64.7 Å². The van der Waals surface area contributed by atoms with Gasteiger partial charge in [0.15, 0.2) is 0 Å². The predicted molar refractivity (Wildman–Crippen MR) is 118 cm³/mol. The van der Waals surface area contributed by atoms with Crippen LogP contribution in [-0.2, 0) is 22.5 Å². The van der Waals surface area contributed by atoms with E-state index in [2.05, 4.69) is 11.0 Å². The van der Waals surface area contributed by atoms with Gasteiger partial charge in [-0.2, -0.15) is 0 Å². The van der Waals surface area contributed by atoms with Gasteiger partial charge in [-0.1, -0.05) is 35.9 Å². The maximum absolute atomic E-state index is 12.9. The van der Waals surface area contributed by atoms with Gasteiger partial charge in [0, 0.05) is 11.6 Å². The molecule has 0 atom stereocenters. The summed E-state index contributed by atoms with van der Waals surface area (Å²) in [5.74, 6) is 0.668. The number of aliphatic hydroxyl groups is 1. The molecule has 2 aromatic rings. The Bertz CT molecular complexity index is 816. The van der Waals surface area contributed by atoms with E-state index in [0.29, 0.717) is 24.7 Å². The monoisotopic (exact) mass is 431 g/mol. The Balaban J connectivity index is 1.65. The molecule has 30 heavy (non-hydrogen) atoms. The molecule has 0 bridgehead atoms. The number of hydrogen-bond donors (Lipinski definition) is 1. The van der Waals surface area contributed by atoms with Crippen LogP contribution < -0.4 is 4.74 Å². The van der Waals surface area contributed by atoms with E-state index in [1.54, 1.807) is 0 Å². The Morgan fingerprint density at radius 1 is 1.13 bits per heavy atom. The minimum absolute atomic E-state index is 0.0000849. The predicted octanol–water partition coefficient (Wildman–Crippen LogP) is 4.10. The summed E-state index contributed by atoms with van der Waals surface area (Å²) in [6.45, 7) is 5.00. The SMILES string of the molecule is CCOC(=O)C1(Cc2ccc(Cl)cc2)CCN(Cc2cccc(OCCO)c2)CC1. The second-order valence-corrected chi connectivity index (χ2v) is 8.24. The topological polar surface area (TPSA) is 59.0 Å². The molecule has 1 aliphatic rings. The number of halogens is 1. The molecule has 0 amide bonds. The number of rotatable bonds is 9. The van der Waals surface area contributed by atoms with Crippen LogP contribution in [0.2, 0.25) is 5.02 Å². The van der Waals surface area contributed by atoms with Crippen LogP contribution in [0.25, 0.3) is 0 Å². The lowest BCUT2D eigenvalue weighted by Gasteiger charge is -2.40. The van der Waals surface area contributed by atoms with Crippen molar-refractivity contribution in [2.75, 3.05) is 32.9 Å². The van der Waals surface area contributed by atoms with Crippen molar-refractivity contribution in [3.8, 4) is 5.75 Å². The number of ether oxygens (including phenoxy) is 2. The lowest BCUT2D eigenvalue weighted by Crippen LogP contribution is -2.46. The Labute approximate surface area is 183 Å². The van der Waals surface area contributed by atoms with E-state index >= 15 is 0 Å². The number of piperidine rings is 1. The molecule has 1 fully saturated rings. The minimum Gasteiger partial charge on any atom is -0.491 e. The molecule has 1 aliphatic heterocycles. The summed E-state index contributed by atoms with van der Waals surface area (Å²) in [7, 11) is 0. The fraction of sp³-hybridized carbons (Fsp3) is 0.458. The fourth-order valence-electron chi connectivity index (χ4n) is 4.02. The first-order chi connectivity index (χ1) is 14.5. The van der Waals surface area contributed by atoms with E-state index in [9.17, 15) is 4.79 Å². The van der Waals surface area contributed by atoms with Crippen LogP contribution in [0.15, 0.2) is 48.5 Å². The highest BCUT2D eigenvalue weighted by Gasteiger charge is 2.42. The number of nitrogens with zero attached hydrogens (tertiary/aromatic N) is 1. The van der Waals surface area contributed by atoms with Crippen molar-refractivity contribution in [3.63, 3.8) is 0 Å². The van der Waals surface area contributed by atoms with E-state index in [1.807, 2.05) is 49.4 Å². The van der Waals surface area contributed by atoms with Gasteiger partial charge in [0.25, 0.3) is 0 Å². The first-order valence-corrected chi connectivity index (χ1v) is 10.9. The summed E-state index contributed by atoms with van der Waals surface area (Å²) in [6.07, 6.45) is 2.19. The summed E-state index contributed by atoms with van der Waals surface area (Å²) >= 11 is 6.02. The van der Waals surface area contributed by atoms with Gasteiger partial charge in [0.2, 0.25) is 0 Å². The van der Waals surface area contributed by atoms with Crippen LogP contribution in [0.1, 0.15) is 30.9 Å². The normalized spacial score (nSPS) is 16.2. The third-order valence-corrected chi connectivity index (χ3v) is 5.89. The van der Waals surface area contributed by atoms with E-state index in [0.717, 1.165) is 49.4 Å². The van der Waals surface area contributed by atoms with Crippen molar-refractivity contribution in [2.24, 2.45) is 5.41 Å². The molecule has 0 spiro atoms. The second-order valence-electron chi connectivity index (χ2n) is 7.80. The van der Waals surface area contributed by atoms with Gasteiger partial charge in [-0.3, -0.25) is 9.69 Å². The molecule has 6 heteroatoms. The molecule has 0 radical (unpaired) electrons. The van der Waals surface area contributed by atoms with Crippen molar-refractivity contribution < 1.29 is 19.4 Å². The summed E-state index contributed by atoms with van der Waals surface area (Å²) < 4.78 is 11.0. The number of aliphatic hydroxyl groups excluding tert-OH is 1. The molecule has 1 heterocycles. The Hall–Kier alpha value is -2.08. The van der Waals surface area contributed by atoms with Crippen molar-refractivity contribution in [1.82, 2.24) is 4.90 Å². The van der Waals surface area contributed by atoms with Crippen LogP contribution >= 0.6 is 11.6 Å². The molecular weight excluding hydrogens is 402 g/mol. The average Bonchev–Trinajstić information content (AvgIpc) is 2.76. The Morgan fingerprint density at radius 2 is 1.87 bits per heavy atom. The maximum atomic E-state index is 12.9. The summed E-state index contributed by atoms with van der Waals surface area (Å²) in [5, 5.41) is 9.63. The van der Waals surface area contributed by atoms with E-state index in [-0.39, 0.29) is 12.6 Å². The van der Waals surface area contributed by atoms with E-state index in [1.165, 1.54) is 0 Å². The molecule has 5 nitrogen and oxygen atoms in total. The lowest BCUT2D eigenvalue weighted by atomic mass is 9.73. The highest BCUT2D eigenvalue weighted by Crippen LogP contribution is 2.37. The third kappa shape index (κ3) is 5.97. The zero-order chi connectivity index (χ0) is 21.4. The zero-order valence-electron chi connectivity index (χ0n) is 17.5. The second kappa shape index (κ2) is 10.8. The molecule has 162 valence electrons. The number of hydrogen-bond acceptors (Lipinski definition) is 5. The Morgan fingerprint density at radius 3 is 2.53 bits per heavy atom. The zero-order valence-corrected chi connectivity index (χ0v) is 18.2. The van der Waals surface area contributed by atoms with Crippen LogP contribution in [-0.4, -0.2) is 48.9 Å². The van der Waals surface area contributed by atoms with E-state index < -0.39 is 5.41 Å². The van der Waals surface area contributed by atoms with Crippen LogP contribution in [0.3, 0.4) is 0 Å². The smallest absolute Gasteiger partial charge is 0.312 e. The first-order valence-electron chi connectivity index (χ1n) is 10.5. The third-order valence-electron chi connectivity index (χ3n) is 5.64. The van der Waals surface area contributed by atoms with Crippen molar-refractivity contribution in [1.29, 1.82) is 0 Å². The molecular formula is C24H30ClNO4. The molecule has 1 N–H and O–H groups in total. The molecule has 0 aromatic heterocycles. The van der Waals surface area contributed by atoms with E-state index in [4.69, 9.17) is 26.2 Å². The molecule has 0 saturated carbocycles. The van der Waals surface area contributed by atoms with Crippen molar-refractivity contribution >= 4 is 17.6 Å². The van der Waals surface area contributed by atoms with Gasteiger partial charge in [0.1, 0.15) is 12.4 Å². The average molecular weight is 432 g/mol. The quantitative estimate of drug-likeness (QED) is 0.606. The lowest BCUT2D eigenvalue weighted by molar-refractivity contribution is -0.158. The number of carbonyl (C=O) groups is 1. The summed E-state index contributed by atoms with van der Waals surface area (Å²) in [6, 6.07) is 15.7. The molecule has 0 unspecified atom stereocenters. The van der Waals surface area contributed by atoms with Gasteiger partial charge < -0.3 is 14.6 Å². The molecule has 1 saturated heterocycles. The fourth-order valence-corrected chi connectivity index (χ4v) is 4.15. The Kier molecular flexibility index (Phi) is 8.14. The minimum atomic E-state index is -0.494. The highest BCUT2D eigenvalue weighted by atomic mass is 35.5.